The molecule has 1 aliphatic heterocycles. The molecule has 1 N–H and O–H groups in total. The van der Waals surface area contributed by atoms with Gasteiger partial charge < -0.3 is 14.4 Å². The molecule has 1 amide bonds. The maximum atomic E-state index is 12.3. The van der Waals surface area contributed by atoms with Crippen LogP contribution in [0, 0.1) is 0 Å². The van der Waals surface area contributed by atoms with E-state index >= 15 is 0 Å². The number of aromatic nitrogens is 1. The zero-order valence-electron chi connectivity index (χ0n) is 12.6. The average molecular weight is 346 g/mol. The summed E-state index contributed by atoms with van der Waals surface area (Å²) in [5, 5.41) is 13.0. The maximum Gasteiger partial charge on any atom is 0.411 e. The van der Waals surface area contributed by atoms with Gasteiger partial charge in [0.15, 0.2) is 0 Å². The van der Waals surface area contributed by atoms with Crippen LogP contribution < -0.4 is 0 Å². The lowest BCUT2D eigenvalue weighted by Gasteiger charge is -2.27. The van der Waals surface area contributed by atoms with Gasteiger partial charge in [-0.15, -0.1) is 11.3 Å². The molecule has 0 aromatic carbocycles. The predicted octanol–water partition coefficient (Wildman–Crippen LogP) is 1.67. The van der Waals surface area contributed by atoms with Crippen molar-refractivity contribution in [1.82, 2.24) is 9.88 Å². The van der Waals surface area contributed by atoms with Crippen LogP contribution in [0.2, 0.25) is 0 Å². The third-order valence-electron chi connectivity index (χ3n) is 3.19. The number of likely N-dealkylation sites (tertiary alicyclic amines) is 1. The number of amides is 1. The first-order valence-electron chi connectivity index (χ1n) is 6.69. The van der Waals surface area contributed by atoms with E-state index in [0.29, 0.717) is 5.01 Å². The standard InChI is InChI=1S/C13H19N2O5PS/c1-12(2,3)19-11(17)15-7-13(18,10-14-4-5-22-10)6-8(15)9(16)20-21/h4-5,8,18H,6-7,21H2,1-3H3/t8-,13-/m0/s1. The van der Waals surface area contributed by atoms with Crippen molar-refractivity contribution in [3.63, 3.8) is 0 Å². The number of carbonyl (C=O) groups is 2. The van der Waals surface area contributed by atoms with Crippen molar-refractivity contribution in [3.8, 4) is 0 Å². The summed E-state index contributed by atoms with van der Waals surface area (Å²) in [5.41, 5.74) is -2.08. The van der Waals surface area contributed by atoms with E-state index in [1.807, 2.05) is 9.47 Å². The Balaban J connectivity index is 2.26. The molecule has 0 spiro atoms. The second-order valence-electron chi connectivity index (χ2n) is 6.13. The Morgan fingerprint density at radius 2 is 2.23 bits per heavy atom. The highest BCUT2D eigenvalue weighted by atomic mass is 32.1. The second-order valence-corrected chi connectivity index (χ2v) is 7.26. The highest BCUT2D eigenvalue weighted by molar-refractivity contribution is 7.10. The van der Waals surface area contributed by atoms with Crippen LogP contribution in [0.25, 0.3) is 0 Å². The number of carbonyl (C=O) groups excluding carboxylic acids is 2. The van der Waals surface area contributed by atoms with Crippen molar-refractivity contribution >= 4 is 32.9 Å². The smallest absolute Gasteiger partial charge is 0.411 e. The van der Waals surface area contributed by atoms with Crippen LogP contribution in [-0.2, 0) is 19.7 Å². The molecular formula is C13H19N2O5PS. The van der Waals surface area contributed by atoms with Gasteiger partial charge in [0.2, 0.25) is 0 Å². The lowest BCUT2D eigenvalue weighted by atomic mass is 10.0. The van der Waals surface area contributed by atoms with Gasteiger partial charge in [-0.2, -0.15) is 0 Å². The highest BCUT2D eigenvalue weighted by Crippen LogP contribution is 2.38. The zero-order valence-corrected chi connectivity index (χ0v) is 14.6. The summed E-state index contributed by atoms with van der Waals surface area (Å²) in [6.45, 7) is 5.13. The Hall–Kier alpha value is -1.24. The molecule has 7 nitrogen and oxygen atoms in total. The first kappa shape index (κ1) is 17.1. The largest absolute Gasteiger partial charge is 0.450 e. The lowest BCUT2D eigenvalue weighted by molar-refractivity contribution is -0.138. The Kier molecular flexibility index (Phi) is 4.75. The molecule has 1 aliphatic rings. The SMILES string of the molecule is CC(C)(C)OC(=O)N1C[C@](O)(c2nccs2)C[C@H]1C(=O)OP. The fourth-order valence-electron chi connectivity index (χ4n) is 2.30. The van der Waals surface area contributed by atoms with Gasteiger partial charge in [0.1, 0.15) is 22.3 Å². The lowest BCUT2D eigenvalue weighted by Crippen LogP contribution is -2.44. The van der Waals surface area contributed by atoms with Gasteiger partial charge in [-0.05, 0) is 20.8 Å². The molecule has 22 heavy (non-hydrogen) atoms. The molecule has 1 saturated heterocycles. The number of hydrogen-bond acceptors (Lipinski definition) is 7. The Morgan fingerprint density at radius 1 is 1.55 bits per heavy atom. The van der Waals surface area contributed by atoms with Crippen LogP contribution in [0.4, 0.5) is 4.79 Å². The van der Waals surface area contributed by atoms with Crippen LogP contribution in [-0.4, -0.2) is 45.2 Å². The van der Waals surface area contributed by atoms with E-state index in [1.165, 1.54) is 16.2 Å². The first-order valence-corrected chi connectivity index (χ1v) is 8.04. The molecule has 3 atom stereocenters. The molecule has 2 heterocycles. The van der Waals surface area contributed by atoms with E-state index in [1.54, 1.807) is 32.3 Å². The molecule has 1 fully saturated rings. The molecule has 2 rings (SSSR count). The highest BCUT2D eigenvalue weighted by Gasteiger charge is 2.51. The van der Waals surface area contributed by atoms with Gasteiger partial charge in [0.25, 0.3) is 0 Å². The number of thiazole rings is 1. The van der Waals surface area contributed by atoms with Gasteiger partial charge in [-0.25, -0.2) is 14.6 Å². The van der Waals surface area contributed by atoms with Crippen molar-refractivity contribution in [3.05, 3.63) is 16.6 Å². The number of aliphatic hydroxyl groups is 1. The van der Waals surface area contributed by atoms with Gasteiger partial charge in [0.05, 0.1) is 16.0 Å². The van der Waals surface area contributed by atoms with E-state index in [2.05, 4.69) is 9.51 Å². The van der Waals surface area contributed by atoms with Crippen molar-refractivity contribution in [2.45, 2.75) is 44.4 Å². The minimum atomic E-state index is -1.38. The van der Waals surface area contributed by atoms with Crippen molar-refractivity contribution in [1.29, 1.82) is 0 Å². The summed E-state index contributed by atoms with van der Waals surface area (Å²) in [5.74, 6) is -0.622. The molecule has 1 aromatic rings. The van der Waals surface area contributed by atoms with E-state index < -0.39 is 29.3 Å². The molecule has 1 aromatic heterocycles. The Morgan fingerprint density at radius 3 is 2.73 bits per heavy atom. The number of rotatable bonds is 2. The topological polar surface area (TPSA) is 89.0 Å². The average Bonchev–Trinajstić information content (AvgIpc) is 3.03. The van der Waals surface area contributed by atoms with Crippen molar-refractivity contribution < 1.29 is 24.0 Å². The summed E-state index contributed by atoms with van der Waals surface area (Å²) < 4.78 is 9.96. The molecular weight excluding hydrogens is 327 g/mol. The van der Waals surface area contributed by atoms with Gasteiger partial charge in [-0.1, -0.05) is 0 Å². The third kappa shape index (κ3) is 3.56. The zero-order chi connectivity index (χ0) is 16.5. The van der Waals surface area contributed by atoms with Crippen LogP contribution in [0.5, 0.6) is 0 Å². The van der Waals surface area contributed by atoms with E-state index in [-0.39, 0.29) is 13.0 Å². The Labute approximate surface area is 134 Å². The molecule has 0 radical (unpaired) electrons. The van der Waals surface area contributed by atoms with Crippen LogP contribution >= 0.6 is 20.8 Å². The van der Waals surface area contributed by atoms with E-state index in [9.17, 15) is 14.7 Å². The molecule has 0 aliphatic carbocycles. The van der Waals surface area contributed by atoms with Gasteiger partial charge >= 0.3 is 12.1 Å². The minimum Gasteiger partial charge on any atom is -0.450 e. The molecule has 9 heteroatoms. The number of β-amino-alcohol motifs (C(OH)–C–C–N with tert-alkyl or cyclic N) is 1. The first-order chi connectivity index (χ1) is 10.2. The maximum absolute atomic E-state index is 12.3. The molecule has 0 saturated carbocycles. The summed E-state index contributed by atoms with van der Waals surface area (Å²) in [4.78, 5) is 29.5. The summed E-state index contributed by atoms with van der Waals surface area (Å²) in [7, 11) is 1.86. The van der Waals surface area contributed by atoms with Crippen molar-refractivity contribution in [2.75, 3.05) is 6.54 Å². The number of nitrogens with zero attached hydrogens (tertiary/aromatic N) is 2. The van der Waals surface area contributed by atoms with E-state index in [4.69, 9.17) is 4.74 Å². The molecule has 0 bridgehead atoms. The second kappa shape index (κ2) is 6.10. The van der Waals surface area contributed by atoms with Crippen molar-refractivity contribution in [2.24, 2.45) is 0 Å². The number of ether oxygens (including phenoxy) is 1. The van der Waals surface area contributed by atoms with Crippen LogP contribution in [0.3, 0.4) is 0 Å². The summed E-state index contributed by atoms with van der Waals surface area (Å²) in [6, 6.07) is -0.916. The summed E-state index contributed by atoms with van der Waals surface area (Å²) >= 11 is 1.27. The van der Waals surface area contributed by atoms with Gasteiger partial charge in [-0.3, -0.25) is 4.90 Å². The van der Waals surface area contributed by atoms with Crippen LogP contribution in [0.1, 0.15) is 32.2 Å². The fraction of sp³-hybridized carbons (Fsp3) is 0.615. The molecule has 1 unspecified atom stereocenters. The quantitative estimate of drug-likeness (QED) is 0.820. The van der Waals surface area contributed by atoms with E-state index in [0.717, 1.165) is 0 Å². The molecule has 122 valence electrons. The Bertz CT molecular complexity index is 559. The van der Waals surface area contributed by atoms with Gasteiger partial charge in [0, 0.05) is 18.0 Å². The minimum absolute atomic E-state index is 0.0208. The fourth-order valence-corrected chi connectivity index (χ4v) is 3.19. The predicted molar refractivity (Wildman–Crippen MR) is 83.2 cm³/mol. The normalized spacial score (nSPS) is 25.1. The monoisotopic (exact) mass is 346 g/mol. The summed E-state index contributed by atoms with van der Waals surface area (Å²) in [6.07, 6.45) is 0.921. The third-order valence-corrected chi connectivity index (χ3v) is 4.38. The number of hydrogen-bond donors (Lipinski definition) is 1. The van der Waals surface area contributed by atoms with Crippen LogP contribution in [0.15, 0.2) is 11.6 Å².